The fourth-order valence-electron chi connectivity index (χ4n) is 2.44. The Labute approximate surface area is 120 Å². The number of rotatable bonds is 3. The molecule has 0 atom stereocenters. The molecule has 19 heavy (non-hydrogen) atoms. The summed E-state index contributed by atoms with van der Waals surface area (Å²) in [5.74, 6) is 1.39. The molecule has 0 amide bonds. The highest BCUT2D eigenvalue weighted by Gasteiger charge is 2.12. The number of fused-ring (bicyclic) bond motifs is 1. The predicted octanol–water partition coefficient (Wildman–Crippen LogP) is 4.54. The van der Waals surface area contributed by atoms with Crippen molar-refractivity contribution in [3.8, 4) is 11.5 Å². The number of halogens is 1. The van der Waals surface area contributed by atoms with Crippen molar-refractivity contribution in [1.82, 2.24) is 0 Å². The van der Waals surface area contributed by atoms with Gasteiger partial charge in [0.2, 0.25) is 0 Å². The lowest BCUT2D eigenvalue weighted by Gasteiger charge is -2.09. The van der Waals surface area contributed by atoms with Crippen molar-refractivity contribution in [3.63, 3.8) is 0 Å². The molecule has 1 aliphatic carbocycles. The van der Waals surface area contributed by atoms with Crippen LogP contribution in [0.25, 0.3) is 0 Å². The molecule has 0 aromatic heterocycles. The van der Waals surface area contributed by atoms with Crippen LogP contribution in [0.15, 0.2) is 40.9 Å². The van der Waals surface area contributed by atoms with Gasteiger partial charge in [0, 0.05) is 4.47 Å². The first kappa shape index (κ1) is 12.4. The molecule has 0 N–H and O–H groups in total. The zero-order valence-electron chi connectivity index (χ0n) is 10.4. The van der Waals surface area contributed by atoms with Gasteiger partial charge in [0.25, 0.3) is 0 Å². The second-order valence-electron chi connectivity index (χ2n) is 4.69. The van der Waals surface area contributed by atoms with Crippen LogP contribution in [0.1, 0.15) is 27.9 Å². The molecule has 2 nitrogen and oxygen atoms in total. The third-order valence-electron chi connectivity index (χ3n) is 3.40. The quantitative estimate of drug-likeness (QED) is 0.777. The minimum Gasteiger partial charge on any atom is -0.457 e. The molecule has 96 valence electrons. The molecular formula is C16H13BrO2. The van der Waals surface area contributed by atoms with Gasteiger partial charge in [0.1, 0.15) is 11.5 Å². The van der Waals surface area contributed by atoms with E-state index < -0.39 is 0 Å². The Balaban J connectivity index is 1.91. The van der Waals surface area contributed by atoms with Gasteiger partial charge < -0.3 is 4.74 Å². The van der Waals surface area contributed by atoms with Crippen molar-refractivity contribution in [2.75, 3.05) is 0 Å². The maximum Gasteiger partial charge on any atom is 0.153 e. The summed E-state index contributed by atoms with van der Waals surface area (Å²) >= 11 is 3.35. The Kier molecular flexibility index (Phi) is 3.38. The van der Waals surface area contributed by atoms with Gasteiger partial charge >= 0.3 is 0 Å². The fourth-order valence-corrected chi connectivity index (χ4v) is 2.82. The molecule has 3 heteroatoms. The summed E-state index contributed by atoms with van der Waals surface area (Å²) in [5.41, 5.74) is 3.33. The monoisotopic (exact) mass is 316 g/mol. The van der Waals surface area contributed by atoms with Crippen LogP contribution in [0.5, 0.6) is 11.5 Å². The number of carbonyl (C=O) groups excluding carboxylic acids is 1. The minimum absolute atomic E-state index is 0.551. The molecule has 0 fully saturated rings. The summed E-state index contributed by atoms with van der Waals surface area (Å²) in [7, 11) is 0. The van der Waals surface area contributed by atoms with Gasteiger partial charge in [-0.05, 0) is 60.7 Å². The van der Waals surface area contributed by atoms with Gasteiger partial charge in [-0.15, -0.1) is 0 Å². The Morgan fingerprint density at radius 1 is 1.05 bits per heavy atom. The van der Waals surface area contributed by atoms with Crippen molar-refractivity contribution in [1.29, 1.82) is 0 Å². The van der Waals surface area contributed by atoms with Gasteiger partial charge in [-0.1, -0.05) is 22.0 Å². The van der Waals surface area contributed by atoms with E-state index in [1.807, 2.05) is 12.1 Å². The molecule has 0 bridgehead atoms. The average molecular weight is 317 g/mol. The van der Waals surface area contributed by atoms with Crippen LogP contribution in [-0.4, -0.2) is 6.29 Å². The molecule has 1 aliphatic rings. The zero-order valence-corrected chi connectivity index (χ0v) is 11.9. The zero-order chi connectivity index (χ0) is 13.2. The number of ether oxygens (including phenoxy) is 1. The topological polar surface area (TPSA) is 26.3 Å². The van der Waals surface area contributed by atoms with Crippen LogP contribution in [0.3, 0.4) is 0 Å². The van der Waals surface area contributed by atoms with E-state index in [2.05, 4.69) is 28.1 Å². The van der Waals surface area contributed by atoms with Crippen LogP contribution >= 0.6 is 15.9 Å². The van der Waals surface area contributed by atoms with Crippen LogP contribution in [0.4, 0.5) is 0 Å². The van der Waals surface area contributed by atoms with E-state index in [4.69, 9.17) is 4.74 Å². The van der Waals surface area contributed by atoms with E-state index in [-0.39, 0.29) is 0 Å². The number of benzene rings is 2. The molecule has 0 heterocycles. The normalized spacial score (nSPS) is 13.1. The van der Waals surface area contributed by atoms with E-state index >= 15 is 0 Å². The predicted molar refractivity (Wildman–Crippen MR) is 78.1 cm³/mol. The first-order chi connectivity index (χ1) is 9.26. The Morgan fingerprint density at radius 3 is 2.74 bits per heavy atom. The van der Waals surface area contributed by atoms with Gasteiger partial charge in [0.15, 0.2) is 6.29 Å². The first-order valence-electron chi connectivity index (χ1n) is 6.30. The summed E-state index contributed by atoms with van der Waals surface area (Å²) < 4.78 is 6.70. The van der Waals surface area contributed by atoms with E-state index in [1.165, 1.54) is 17.5 Å². The SMILES string of the molecule is O=Cc1cc(Br)ccc1Oc1ccc2c(c1)CCC2. The highest BCUT2D eigenvalue weighted by Crippen LogP contribution is 2.31. The van der Waals surface area contributed by atoms with E-state index in [0.717, 1.165) is 29.4 Å². The number of aldehydes is 1. The Hall–Kier alpha value is -1.61. The summed E-state index contributed by atoms with van der Waals surface area (Å²) in [6, 6.07) is 11.6. The maximum absolute atomic E-state index is 11.1. The van der Waals surface area contributed by atoms with E-state index in [0.29, 0.717) is 11.3 Å². The maximum atomic E-state index is 11.1. The van der Waals surface area contributed by atoms with Crippen molar-refractivity contribution in [2.24, 2.45) is 0 Å². The molecule has 0 saturated carbocycles. The lowest BCUT2D eigenvalue weighted by Crippen LogP contribution is -1.92. The van der Waals surface area contributed by atoms with Crippen molar-refractivity contribution >= 4 is 22.2 Å². The average Bonchev–Trinajstić information content (AvgIpc) is 2.88. The lowest BCUT2D eigenvalue weighted by molar-refractivity contribution is 0.112. The van der Waals surface area contributed by atoms with Crippen LogP contribution in [0, 0.1) is 0 Å². The summed E-state index contributed by atoms with van der Waals surface area (Å²) in [5, 5.41) is 0. The number of aryl methyl sites for hydroxylation is 2. The first-order valence-corrected chi connectivity index (χ1v) is 7.10. The largest absolute Gasteiger partial charge is 0.457 e. The highest BCUT2D eigenvalue weighted by molar-refractivity contribution is 9.10. The summed E-state index contributed by atoms with van der Waals surface area (Å²) in [6.45, 7) is 0. The van der Waals surface area contributed by atoms with Crippen molar-refractivity contribution < 1.29 is 9.53 Å². The summed E-state index contributed by atoms with van der Waals surface area (Å²) in [4.78, 5) is 11.1. The molecule has 0 unspecified atom stereocenters. The molecule has 2 aromatic rings. The smallest absolute Gasteiger partial charge is 0.153 e. The molecule has 2 aromatic carbocycles. The van der Waals surface area contributed by atoms with E-state index in [1.54, 1.807) is 12.1 Å². The molecule has 3 rings (SSSR count). The third kappa shape index (κ3) is 2.56. The molecule has 0 aliphatic heterocycles. The molecule has 0 spiro atoms. The van der Waals surface area contributed by atoms with Gasteiger partial charge in [-0.3, -0.25) is 4.79 Å². The van der Waals surface area contributed by atoms with Crippen LogP contribution in [0.2, 0.25) is 0 Å². The number of hydrogen-bond donors (Lipinski definition) is 0. The second kappa shape index (κ2) is 5.17. The van der Waals surface area contributed by atoms with Gasteiger partial charge in [0.05, 0.1) is 5.56 Å². The Morgan fingerprint density at radius 2 is 1.89 bits per heavy atom. The molecule has 0 radical (unpaired) electrons. The van der Waals surface area contributed by atoms with Crippen LogP contribution in [-0.2, 0) is 12.8 Å². The van der Waals surface area contributed by atoms with Gasteiger partial charge in [-0.25, -0.2) is 0 Å². The number of carbonyl (C=O) groups is 1. The minimum atomic E-state index is 0.551. The highest BCUT2D eigenvalue weighted by atomic mass is 79.9. The summed E-state index contributed by atoms with van der Waals surface area (Å²) in [6.07, 6.45) is 4.31. The second-order valence-corrected chi connectivity index (χ2v) is 5.60. The van der Waals surface area contributed by atoms with Crippen molar-refractivity contribution in [2.45, 2.75) is 19.3 Å². The number of hydrogen-bond acceptors (Lipinski definition) is 2. The third-order valence-corrected chi connectivity index (χ3v) is 3.89. The Bertz CT molecular complexity index is 635. The standard InChI is InChI=1S/C16H13BrO2/c17-14-5-7-16(13(8-14)10-18)19-15-6-4-11-2-1-3-12(11)9-15/h4-10H,1-3H2. The van der Waals surface area contributed by atoms with Crippen molar-refractivity contribution in [3.05, 3.63) is 57.6 Å². The molecule has 0 saturated heterocycles. The fraction of sp³-hybridized carbons (Fsp3) is 0.188. The van der Waals surface area contributed by atoms with Crippen LogP contribution < -0.4 is 4.74 Å². The lowest BCUT2D eigenvalue weighted by atomic mass is 10.1. The van der Waals surface area contributed by atoms with E-state index in [9.17, 15) is 4.79 Å². The van der Waals surface area contributed by atoms with Gasteiger partial charge in [-0.2, -0.15) is 0 Å². The molecular weight excluding hydrogens is 304 g/mol.